The van der Waals surface area contributed by atoms with Crippen LogP contribution in [0.4, 0.5) is 5.69 Å². The summed E-state index contributed by atoms with van der Waals surface area (Å²) in [5.74, 6) is -1.10. The quantitative estimate of drug-likeness (QED) is 0.806. The largest absolute Gasteiger partial charge is 0.324 e. The fourth-order valence-corrected chi connectivity index (χ4v) is 3.03. The Balaban J connectivity index is 1.80. The Morgan fingerprint density at radius 1 is 1.16 bits per heavy atom. The average Bonchev–Trinajstić information content (AvgIpc) is 2.86. The molecule has 0 spiro atoms. The van der Waals surface area contributed by atoms with Crippen molar-refractivity contribution in [2.75, 3.05) is 11.9 Å². The molecule has 2 N–H and O–H groups in total. The van der Waals surface area contributed by atoms with Crippen molar-refractivity contribution in [3.05, 3.63) is 40.2 Å². The first-order chi connectivity index (χ1) is 12.0. The second-order valence-corrected chi connectivity index (χ2v) is 6.09. The summed E-state index contributed by atoms with van der Waals surface area (Å²) in [4.78, 5) is 50.8. The Morgan fingerprint density at radius 3 is 2.56 bits per heavy atom. The van der Waals surface area contributed by atoms with E-state index in [0.717, 1.165) is 28.7 Å². The summed E-state index contributed by atoms with van der Waals surface area (Å²) in [7, 11) is 0. The highest BCUT2D eigenvalue weighted by atomic mass is 16.2. The molecule has 1 aromatic heterocycles. The van der Waals surface area contributed by atoms with Crippen LogP contribution in [0.2, 0.25) is 0 Å². The summed E-state index contributed by atoms with van der Waals surface area (Å²) in [6.45, 7) is 1.75. The zero-order valence-corrected chi connectivity index (χ0v) is 13.9. The van der Waals surface area contributed by atoms with Gasteiger partial charge in [-0.2, -0.15) is 0 Å². The lowest BCUT2D eigenvalue weighted by Gasteiger charge is -2.14. The lowest BCUT2D eigenvalue weighted by atomic mass is 10.0. The maximum absolute atomic E-state index is 12.1. The van der Waals surface area contributed by atoms with Crippen molar-refractivity contribution in [2.45, 2.75) is 32.6 Å². The van der Waals surface area contributed by atoms with Crippen molar-refractivity contribution in [3.63, 3.8) is 0 Å². The molecule has 130 valence electrons. The molecular weight excluding hydrogens is 322 g/mol. The van der Waals surface area contributed by atoms with E-state index < -0.39 is 5.91 Å². The van der Waals surface area contributed by atoms with Gasteiger partial charge < -0.3 is 10.3 Å². The second kappa shape index (κ2) is 6.88. The van der Waals surface area contributed by atoms with Crippen LogP contribution >= 0.6 is 0 Å². The number of pyridine rings is 1. The minimum Gasteiger partial charge on any atom is -0.324 e. The van der Waals surface area contributed by atoms with Crippen molar-refractivity contribution in [1.82, 2.24) is 9.88 Å². The summed E-state index contributed by atoms with van der Waals surface area (Å²) < 4.78 is 0. The van der Waals surface area contributed by atoms with Crippen LogP contribution in [0.1, 0.15) is 31.7 Å². The molecule has 2 aromatic rings. The monoisotopic (exact) mass is 341 g/mol. The van der Waals surface area contributed by atoms with Gasteiger partial charge in [0.15, 0.2) is 0 Å². The highest BCUT2D eigenvalue weighted by Crippen LogP contribution is 2.21. The molecule has 2 heterocycles. The molecule has 1 fully saturated rings. The van der Waals surface area contributed by atoms with Crippen LogP contribution in [0.5, 0.6) is 0 Å². The highest BCUT2D eigenvalue weighted by molar-refractivity contribution is 6.06. The number of amides is 3. The van der Waals surface area contributed by atoms with Crippen LogP contribution in [0.25, 0.3) is 10.9 Å². The summed E-state index contributed by atoms with van der Waals surface area (Å²) in [5.41, 5.74) is 1.92. The van der Waals surface area contributed by atoms with E-state index in [1.807, 2.05) is 13.0 Å². The van der Waals surface area contributed by atoms with E-state index in [1.54, 1.807) is 18.2 Å². The number of nitrogens with zero attached hydrogens (tertiary/aromatic N) is 1. The van der Waals surface area contributed by atoms with Crippen LogP contribution in [-0.2, 0) is 20.8 Å². The number of fused-ring (bicyclic) bond motifs is 1. The van der Waals surface area contributed by atoms with E-state index >= 15 is 0 Å². The number of carbonyl (C=O) groups excluding carboxylic acids is 3. The number of nitrogens with one attached hydrogen (secondary N) is 2. The zero-order valence-electron chi connectivity index (χ0n) is 13.9. The molecule has 7 nitrogen and oxygen atoms in total. The molecular formula is C18H19N3O4. The third kappa shape index (κ3) is 3.60. The first-order valence-electron chi connectivity index (χ1n) is 8.27. The van der Waals surface area contributed by atoms with Crippen LogP contribution in [0.3, 0.4) is 0 Å². The van der Waals surface area contributed by atoms with E-state index in [-0.39, 0.29) is 36.8 Å². The van der Waals surface area contributed by atoms with Gasteiger partial charge in [0.2, 0.25) is 23.3 Å². The topological polar surface area (TPSA) is 99.3 Å². The molecule has 0 saturated carbocycles. The van der Waals surface area contributed by atoms with Gasteiger partial charge in [-0.3, -0.25) is 24.1 Å². The number of rotatable bonds is 5. The number of likely N-dealkylation sites (tertiary alicyclic amines) is 1. The third-order valence-electron chi connectivity index (χ3n) is 4.19. The van der Waals surface area contributed by atoms with Gasteiger partial charge in [-0.15, -0.1) is 0 Å². The van der Waals surface area contributed by atoms with E-state index in [2.05, 4.69) is 10.3 Å². The van der Waals surface area contributed by atoms with Gasteiger partial charge in [-0.25, -0.2) is 0 Å². The Kier molecular flexibility index (Phi) is 4.65. The van der Waals surface area contributed by atoms with E-state index in [4.69, 9.17) is 0 Å². The van der Waals surface area contributed by atoms with Gasteiger partial charge in [0.05, 0.1) is 5.52 Å². The van der Waals surface area contributed by atoms with Gasteiger partial charge in [-0.1, -0.05) is 19.4 Å². The van der Waals surface area contributed by atoms with Crippen molar-refractivity contribution in [1.29, 1.82) is 0 Å². The summed E-state index contributed by atoms with van der Waals surface area (Å²) in [5, 5.41) is 3.60. The second-order valence-electron chi connectivity index (χ2n) is 6.09. The molecule has 0 aliphatic carbocycles. The van der Waals surface area contributed by atoms with E-state index in [9.17, 15) is 19.2 Å². The van der Waals surface area contributed by atoms with Gasteiger partial charge in [-0.05, 0) is 24.1 Å². The number of anilines is 1. The predicted molar refractivity (Wildman–Crippen MR) is 93.1 cm³/mol. The normalized spacial score (nSPS) is 14.4. The van der Waals surface area contributed by atoms with Crippen LogP contribution < -0.4 is 10.9 Å². The SMILES string of the molecule is CCCc1cc(=O)[nH]c2cc(NC(=O)CN3C(=O)CCC3=O)ccc12. The molecule has 3 rings (SSSR count). The van der Waals surface area contributed by atoms with Gasteiger partial charge in [0.25, 0.3) is 0 Å². The molecule has 7 heteroatoms. The predicted octanol–water partition coefficient (Wildman–Crippen LogP) is 1.57. The zero-order chi connectivity index (χ0) is 18.0. The number of aromatic amines is 1. The van der Waals surface area contributed by atoms with Gasteiger partial charge in [0, 0.05) is 30.0 Å². The highest BCUT2D eigenvalue weighted by Gasteiger charge is 2.30. The number of benzene rings is 1. The number of hydrogen-bond acceptors (Lipinski definition) is 4. The van der Waals surface area contributed by atoms with Crippen LogP contribution in [-0.4, -0.2) is 34.2 Å². The Bertz CT molecular complexity index is 900. The van der Waals surface area contributed by atoms with E-state index in [0.29, 0.717) is 11.2 Å². The molecule has 1 aliphatic heterocycles. The molecule has 0 bridgehead atoms. The smallest absolute Gasteiger partial charge is 0.248 e. The number of hydrogen-bond donors (Lipinski definition) is 2. The Morgan fingerprint density at radius 2 is 1.88 bits per heavy atom. The third-order valence-corrected chi connectivity index (χ3v) is 4.19. The Labute approximate surface area is 144 Å². The molecule has 0 unspecified atom stereocenters. The molecule has 1 aromatic carbocycles. The number of aryl methyl sites for hydroxylation is 1. The summed E-state index contributed by atoms with van der Waals surface area (Å²) in [6, 6.07) is 6.86. The first-order valence-corrected chi connectivity index (χ1v) is 8.27. The standard InChI is InChI=1S/C18H19N3O4/c1-2-3-11-8-15(22)20-14-9-12(4-5-13(11)14)19-16(23)10-21-17(24)6-7-18(21)25/h4-5,8-9H,2-3,6-7,10H2,1H3,(H,19,23)(H,20,22). The molecule has 0 radical (unpaired) electrons. The fourth-order valence-electron chi connectivity index (χ4n) is 3.03. The lowest BCUT2D eigenvalue weighted by molar-refractivity contribution is -0.141. The summed E-state index contributed by atoms with van der Waals surface area (Å²) in [6.07, 6.45) is 2.04. The number of aromatic nitrogens is 1. The van der Waals surface area contributed by atoms with E-state index in [1.165, 1.54) is 0 Å². The number of H-pyrrole nitrogens is 1. The van der Waals surface area contributed by atoms with Crippen molar-refractivity contribution in [3.8, 4) is 0 Å². The van der Waals surface area contributed by atoms with Crippen molar-refractivity contribution < 1.29 is 14.4 Å². The molecule has 1 saturated heterocycles. The molecule has 25 heavy (non-hydrogen) atoms. The minimum atomic E-state index is -0.449. The maximum Gasteiger partial charge on any atom is 0.248 e. The van der Waals surface area contributed by atoms with Gasteiger partial charge in [0.1, 0.15) is 6.54 Å². The first kappa shape index (κ1) is 16.9. The number of carbonyl (C=O) groups is 3. The Hall–Kier alpha value is -2.96. The molecule has 3 amide bonds. The van der Waals surface area contributed by atoms with Gasteiger partial charge >= 0.3 is 0 Å². The van der Waals surface area contributed by atoms with Crippen LogP contribution in [0, 0.1) is 0 Å². The molecule has 0 atom stereocenters. The lowest BCUT2D eigenvalue weighted by Crippen LogP contribution is -2.36. The fraction of sp³-hybridized carbons (Fsp3) is 0.333. The minimum absolute atomic E-state index is 0.156. The van der Waals surface area contributed by atoms with Crippen molar-refractivity contribution in [2.24, 2.45) is 0 Å². The number of imide groups is 1. The summed E-state index contributed by atoms with van der Waals surface area (Å²) >= 11 is 0. The average molecular weight is 341 g/mol. The molecule has 1 aliphatic rings. The maximum atomic E-state index is 12.1. The van der Waals surface area contributed by atoms with Crippen LogP contribution in [0.15, 0.2) is 29.1 Å². The van der Waals surface area contributed by atoms with Crippen molar-refractivity contribution >= 4 is 34.3 Å².